The van der Waals surface area contributed by atoms with Crippen molar-refractivity contribution in [3.63, 3.8) is 0 Å². The number of rotatable bonds is 3. The molecule has 1 aliphatic rings. The number of nitrogens with one attached hydrogen (secondary N) is 1. The molecule has 0 aliphatic carbocycles. The van der Waals surface area contributed by atoms with E-state index >= 15 is 0 Å². The summed E-state index contributed by atoms with van der Waals surface area (Å²) in [5, 5.41) is 0.979. The SMILES string of the molecule is CS.Cc1[nH]c2ccc(F)cc2c1C.Cc1ccc(C2CN(C=O)CC2N(C)C)cc1.[CH2-]C.[CH3-].[Es]. The van der Waals surface area contributed by atoms with E-state index in [0.29, 0.717) is 12.0 Å². The normalized spacial score (nSPS) is 15.9. The molecule has 1 aromatic heterocycles. The summed E-state index contributed by atoms with van der Waals surface area (Å²) in [6.07, 6.45) is 2.66. The maximum atomic E-state index is 12.8. The van der Waals surface area contributed by atoms with Crippen molar-refractivity contribution >= 4 is 29.9 Å². The second-order valence-electron chi connectivity index (χ2n) is 8.17. The number of halogens is 1. The molecule has 4 rings (SSSR count). The van der Waals surface area contributed by atoms with Gasteiger partial charge in [-0.2, -0.15) is 19.6 Å². The van der Waals surface area contributed by atoms with Crippen LogP contribution in [-0.2, 0) is 4.79 Å². The quantitative estimate of drug-likeness (QED) is 0.190. The summed E-state index contributed by atoms with van der Waals surface area (Å²) in [7, 11) is 4.17. The predicted molar refractivity (Wildman–Crippen MR) is 149 cm³/mol. The van der Waals surface area contributed by atoms with Crippen LogP contribution in [0.25, 0.3) is 10.9 Å². The first-order valence-electron chi connectivity index (χ1n) is 11.1. The second-order valence-corrected chi connectivity index (χ2v) is 8.17. The summed E-state index contributed by atoms with van der Waals surface area (Å²) in [5.41, 5.74) is 5.85. The van der Waals surface area contributed by atoms with Gasteiger partial charge in [0.25, 0.3) is 0 Å². The largest absolute Gasteiger partial charge is 0.358 e. The number of amides is 1. The van der Waals surface area contributed by atoms with E-state index in [4.69, 9.17) is 0 Å². The predicted octanol–water partition coefficient (Wildman–Crippen LogP) is 6.24. The number of aromatic nitrogens is 1. The molecule has 2 heterocycles. The smallest absolute Gasteiger partial charge is 0.209 e. The number of hydrogen-bond donors (Lipinski definition) is 2. The molecule has 1 N–H and O–H groups in total. The Morgan fingerprint density at radius 2 is 1.63 bits per heavy atom. The summed E-state index contributed by atoms with van der Waals surface area (Å²) in [4.78, 5) is 18.2. The minimum atomic E-state index is -0.176. The van der Waals surface area contributed by atoms with Crippen molar-refractivity contribution in [2.24, 2.45) is 0 Å². The Morgan fingerprint density at radius 1 is 1.06 bits per heavy atom. The Labute approximate surface area is 212 Å². The molecule has 35 heavy (non-hydrogen) atoms. The van der Waals surface area contributed by atoms with Crippen LogP contribution in [0.5, 0.6) is 0 Å². The van der Waals surface area contributed by atoms with Crippen molar-refractivity contribution in [1.29, 1.82) is 0 Å². The third-order valence-corrected chi connectivity index (χ3v) is 5.91. The fourth-order valence-electron chi connectivity index (χ4n) is 4.00. The van der Waals surface area contributed by atoms with E-state index in [9.17, 15) is 9.18 Å². The van der Waals surface area contributed by atoms with Gasteiger partial charge in [-0.05, 0) is 70.4 Å². The monoisotopic (exact) mass is 739 g/mol. The van der Waals surface area contributed by atoms with Crippen LogP contribution in [0.1, 0.15) is 35.2 Å². The first-order valence-corrected chi connectivity index (χ1v) is 12.0. The average molecular weight is 740 g/mol. The summed E-state index contributed by atoms with van der Waals surface area (Å²) in [6.45, 7) is 12.7. The molecular formula is C28H42EsFN3OS-2. The first kappa shape index (κ1) is 33.9. The first-order chi connectivity index (χ1) is 15.8. The van der Waals surface area contributed by atoms with Gasteiger partial charge in [-0.1, -0.05) is 29.8 Å². The molecule has 201 valence electrons. The molecule has 4 nitrogen and oxygen atoms in total. The van der Waals surface area contributed by atoms with Gasteiger partial charge in [0.15, 0.2) is 0 Å². The number of nitrogens with zero attached hydrogens (tertiary/aromatic N) is 2. The summed E-state index contributed by atoms with van der Waals surface area (Å²) >= 11 is 3.53. The minimum absolute atomic E-state index is 0. The Balaban J connectivity index is 0. The zero-order chi connectivity index (χ0) is 25.1. The number of aryl methyl sites for hydroxylation is 3. The number of aromatic amines is 1. The molecule has 0 bridgehead atoms. The van der Waals surface area contributed by atoms with Gasteiger partial charge in [-0.3, -0.25) is 4.79 Å². The number of hydrogen-bond acceptors (Lipinski definition) is 3. The average Bonchev–Trinajstić information content (AvgIpc) is 3.39. The molecule has 0 saturated carbocycles. The number of H-pyrrole nitrogens is 1. The van der Waals surface area contributed by atoms with Crippen LogP contribution in [0.4, 0.5) is 4.39 Å². The van der Waals surface area contributed by atoms with E-state index in [1.807, 2.05) is 18.7 Å². The third kappa shape index (κ3) is 8.76. The van der Waals surface area contributed by atoms with Crippen molar-refractivity contribution < 1.29 is 9.18 Å². The maximum absolute atomic E-state index is 12.8. The molecule has 0 spiro atoms. The second kappa shape index (κ2) is 16.3. The van der Waals surface area contributed by atoms with E-state index in [1.165, 1.54) is 17.2 Å². The summed E-state index contributed by atoms with van der Waals surface area (Å²) in [6, 6.07) is 13.9. The van der Waals surface area contributed by atoms with Crippen molar-refractivity contribution in [3.05, 3.63) is 85.0 Å². The van der Waals surface area contributed by atoms with Crippen molar-refractivity contribution in [2.75, 3.05) is 33.4 Å². The molecular weight excluding hydrogens is 697 g/mol. The van der Waals surface area contributed by atoms with Gasteiger partial charge in [-0.25, -0.2) is 4.39 Å². The molecule has 2 atom stereocenters. The van der Waals surface area contributed by atoms with Crippen molar-refractivity contribution in [2.45, 2.75) is 39.7 Å². The molecule has 1 fully saturated rings. The molecule has 1 radical (unpaired) electrons. The van der Waals surface area contributed by atoms with Gasteiger partial charge in [0.2, 0.25) is 6.41 Å². The van der Waals surface area contributed by atoms with Gasteiger partial charge in [0.05, 0.1) is 0 Å². The third-order valence-electron chi connectivity index (χ3n) is 5.91. The van der Waals surface area contributed by atoms with Crippen LogP contribution >= 0.6 is 12.6 Å². The standard InChI is InChI=1S/C14H20N2O.C10H10FN.C2H5.CH4S.CH3.Es/c1-11-4-6-12(7-5-11)13-8-16(10-17)9-14(13)15(2)3;1-6-7(2)12-10-4-3-8(11)5-9(6)10;2*1-2;;/h4-7,10,13-14H,8-9H2,1-3H3;3-5,12H,1-2H3;1H2,2H3;2H,1H3;1H3;/q;;-1;;-1;. The van der Waals surface area contributed by atoms with Crippen LogP contribution in [0, 0.1) is 40.9 Å². The Bertz CT molecular complexity index is 992. The topological polar surface area (TPSA) is 39.3 Å². The summed E-state index contributed by atoms with van der Waals surface area (Å²) < 4.78 is 12.8. The molecule has 1 aliphatic heterocycles. The number of thiol groups is 1. The van der Waals surface area contributed by atoms with E-state index < -0.39 is 0 Å². The van der Waals surface area contributed by atoms with E-state index in [1.54, 1.807) is 25.3 Å². The van der Waals surface area contributed by atoms with Gasteiger partial charge in [-0.15, -0.1) is 0 Å². The molecule has 1 saturated heterocycles. The van der Waals surface area contributed by atoms with Crippen molar-refractivity contribution in [3.8, 4) is 0 Å². The number of fused-ring (bicyclic) bond motifs is 1. The van der Waals surface area contributed by atoms with Crippen LogP contribution in [0.15, 0.2) is 42.5 Å². The van der Waals surface area contributed by atoms with Crippen LogP contribution in [0.3, 0.4) is 0 Å². The Hall–Kier alpha value is -3.31. The minimum Gasteiger partial charge on any atom is -0.358 e. The van der Waals surface area contributed by atoms with Gasteiger partial charge in [0.1, 0.15) is 5.82 Å². The molecule has 1 amide bonds. The fraction of sp³-hybridized carbons (Fsp3) is 0.393. The molecule has 7 heteroatoms. The molecule has 2 unspecified atom stereocenters. The van der Waals surface area contributed by atoms with E-state index in [-0.39, 0.29) is 13.2 Å². The molecule has 2 aromatic carbocycles. The van der Waals surface area contributed by atoms with Gasteiger partial charge < -0.3 is 29.1 Å². The zero-order valence-electron chi connectivity index (χ0n) is 22.3. The number of benzene rings is 2. The van der Waals surface area contributed by atoms with Crippen LogP contribution < -0.4 is 0 Å². The number of carbonyl (C=O) groups excluding carboxylic acids is 1. The van der Waals surface area contributed by atoms with Crippen LogP contribution in [-0.4, -0.2) is 60.7 Å². The fourth-order valence-corrected chi connectivity index (χ4v) is 4.00. The van der Waals surface area contributed by atoms with Crippen molar-refractivity contribution in [1.82, 2.24) is 14.8 Å². The molecule has 3 aromatic rings. The number of likely N-dealkylation sites (tertiary alicyclic amines) is 1. The Kier molecular flexibility index (Phi) is 15.8. The van der Waals surface area contributed by atoms with Crippen LogP contribution in [0.2, 0.25) is 0 Å². The van der Waals surface area contributed by atoms with Gasteiger partial charge >= 0.3 is 0 Å². The number of likely N-dealkylation sites (N-methyl/N-ethyl adjacent to an activating group) is 1. The summed E-state index contributed by atoms with van der Waals surface area (Å²) in [5.74, 6) is 0.250. The number of carbonyl (C=O) groups is 1. The van der Waals surface area contributed by atoms with Gasteiger partial charge in [0, 0.05) is 41.6 Å². The van der Waals surface area contributed by atoms with E-state index in [2.05, 4.69) is 74.7 Å². The zero-order valence-corrected chi connectivity index (χ0v) is 25.7. The maximum Gasteiger partial charge on any atom is 0.209 e. The Morgan fingerprint density at radius 3 is 2.14 bits per heavy atom. The van der Waals surface area contributed by atoms with E-state index in [0.717, 1.165) is 41.7 Å².